The molecule has 2 N–H and O–H groups in total. The van der Waals surface area contributed by atoms with Crippen molar-refractivity contribution in [2.45, 2.75) is 104 Å². The smallest absolute Gasteiger partial charge is 0.408 e. The van der Waals surface area contributed by atoms with Crippen molar-refractivity contribution < 1.29 is 23.5 Å². The van der Waals surface area contributed by atoms with Gasteiger partial charge in [0.1, 0.15) is 17.0 Å². The topological polar surface area (TPSA) is 135 Å². The van der Waals surface area contributed by atoms with Crippen LogP contribution in [-0.4, -0.2) is 89.6 Å². The Morgan fingerprint density at radius 3 is 2.14 bits per heavy atom. The Hall–Kier alpha value is -3.19. The largest absolute Gasteiger partial charge is 0.444 e. The van der Waals surface area contributed by atoms with Crippen LogP contribution < -0.4 is 16.3 Å². The number of rotatable bonds is 7. The Bertz CT molecular complexity index is 1300. The summed E-state index contributed by atoms with van der Waals surface area (Å²) in [4.78, 5) is 58.4. The molecule has 1 aromatic rings. The minimum Gasteiger partial charge on any atom is -0.444 e. The van der Waals surface area contributed by atoms with E-state index < -0.39 is 37.3 Å². The maximum Gasteiger partial charge on any atom is 0.408 e. The SMILES string of the molecule is CC(C)(C)OC(=O)NC(C)(C)C(=O)N1CCN(C(=O)Nc2ccn(C3=CCC(CO[Si](C)(C)C(C)(C)C)CC3)c(=O)n2)CC1. The fourth-order valence-corrected chi connectivity index (χ4v) is 5.87. The summed E-state index contributed by atoms with van der Waals surface area (Å²) < 4.78 is 13.2. The molecule has 2 aliphatic rings. The lowest BCUT2D eigenvalue weighted by molar-refractivity contribution is -0.138. The normalized spacial score (nSPS) is 18.4. The summed E-state index contributed by atoms with van der Waals surface area (Å²) in [7, 11) is -1.80. The number of urea groups is 1. The van der Waals surface area contributed by atoms with E-state index in [1.165, 1.54) is 4.57 Å². The summed E-state index contributed by atoms with van der Waals surface area (Å²) in [6, 6.07) is 1.23. The molecule has 0 bridgehead atoms. The standard InChI is InChI=1S/C31H52N6O6Si/c1-29(2,3)43-28(41)34-31(7,8)25(38)35-17-19-36(20-18-35)26(39)32-24-15-16-37(27(40)33-24)23-13-11-22(12-14-23)21-42-44(9,10)30(4,5)6/h13,15-16,22H,11-12,14,17-21H2,1-10H3,(H,34,41)(H,32,33,39,40). The van der Waals surface area contributed by atoms with Crippen LogP contribution in [0.15, 0.2) is 23.1 Å². The van der Waals surface area contributed by atoms with Crippen molar-refractivity contribution in [2.24, 2.45) is 5.92 Å². The predicted octanol–water partition coefficient (Wildman–Crippen LogP) is 4.89. The molecule has 1 aliphatic heterocycles. The highest BCUT2D eigenvalue weighted by molar-refractivity contribution is 6.74. The lowest BCUT2D eigenvalue weighted by Gasteiger charge is -2.38. The Balaban J connectivity index is 1.50. The number of ether oxygens (including phenoxy) is 1. The van der Waals surface area contributed by atoms with Gasteiger partial charge in [-0.2, -0.15) is 4.98 Å². The van der Waals surface area contributed by atoms with Crippen molar-refractivity contribution in [3.05, 3.63) is 28.8 Å². The van der Waals surface area contributed by atoms with Crippen LogP contribution in [0, 0.1) is 5.92 Å². The van der Waals surface area contributed by atoms with Crippen molar-refractivity contribution >= 4 is 37.9 Å². The van der Waals surface area contributed by atoms with E-state index in [2.05, 4.69) is 55.6 Å². The average Bonchev–Trinajstić information content (AvgIpc) is 2.90. The van der Waals surface area contributed by atoms with Gasteiger partial charge in [-0.3, -0.25) is 14.7 Å². The molecule has 1 atom stereocenters. The molecule has 2 heterocycles. The van der Waals surface area contributed by atoms with Crippen molar-refractivity contribution in [1.29, 1.82) is 0 Å². The molecule has 0 spiro atoms. The van der Waals surface area contributed by atoms with Gasteiger partial charge in [0.25, 0.3) is 0 Å². The zero-order chi connectivity index (χ0) is 33.1. The molecule has 12 nitrogen and oxygen atoms in total. The van der Waals surface area contributed by atoms with E-state index in [9.17, 15) is 19.2 Å². The van der Waals surface area contributed by atoms with E-state index in [1.54, 1.807) is 56.7 Å². The molecular weight excluding hydrogens is 580 g/mol. The number of nitrogens with one attached hydrogen (secondary N) is 2. The molecule has 1 unspecified atom stereocenters. The van der Waals surface area contributed by atoms with E-state index in [1.807, 2.05) is 0 Å². The number of carbonyl (C=O) groups excluding carboxylic acids is 3. The zero-order valence-electron chi connectivity index (χ0n) is 28.2. The Morgan fingerprint density at radius 2 is 1.61 bits per heavy atom. The molecule has 1 aromatic heterocycles. The van der Waals surface area contributed by atoms with Gasteiger partial charge in [-0.05, 0) is 84.0 Å². The second-order valence-electron chi connectivity index (χ2n) is 14.8. The highest BCUT2D eigenvalue weighted by Gasteiger charge is 2.38. The zero-order valence-corrected chi connectivity index (χ0v) is 29.2. The molecule has 4 amide bonds. The van der Waals surface area contributed by atoms with E-state index in [4.69, 9.17) is 9.16 Å². The van der Waals surface area contributed by atoms with E-state index in [0.717, 1.165) is 31.6 Å². The van der Waals surface area contributed by atoms with E-state index in [0.29, 0.717) is 32.1 Å². The third-order valence-corrected chi connectivity index (χ3v) is 13.0. The van der Waals surface area contributed by atoms with Crippen molar-refractivity contribution in [3.63, 3.8) is 0 Å². The van der Waals surface area contributed by atoms with E-state index in [-0.39, 0.29) is 16.8 Å². The third kappa shape index (κ3) is 9.40. The number of aromatic nitrogens is 2. The lowest BCUT2D eigenvalue weighted by atomic mass is 9.93. The molecular formula is C31H52N6O6Si. The summed E-state index contributed by atoms with van der Waals surface area (Å²) in [5.41, 5.74) is -1.39. The van der Waals surface area contributed by atoms with Crippen LogP contribution >= 0.6 is 0 Å². The molecule has 1 fully saturated rings. The second-order valence-corrected chi connectivity index (χ2v) is 19.6. The van der Waals surface area contributed by atoms with Crippen LogP contribution in [0.1, 0.15) is 74.7 Å². The van der Waals surface area contributed by atoms with Gasteiger partial charge in [0, 0.05) is 44.7 Å². The summed E-state index contributed by atoms with van der Waals surface area (Å²) in [5, 5.41) is 5.51. The van der Waals surface area contributed by atoms with Gasteiger partial charge in [0.05, 0.1) is 0 Å². The van der Waals surface area contributed by atoms with Crippen LogP contribution in [0.5, 0.6) is 0 Å². The third-order valence-electron chi connectivity index (χ3n) is 8.53. The number of alkyl carbamates (subject to hydrolysis) is 1. The minimum atomic E-state index is -1.80. The van der Waals surface area contributed by atoms with Gasteiger partial charge < -0.3 is 24.3 Å². The maximum absolute atomic E-state index is 13.1. The molecule has 0 saturated carbocycles. The number of piperazine rings is 1. The number of allylic oxidation sites excluding steroid dienone is 2. The number of amides is 4. The van der Waals surface area contributed by atoms with Crippen molar-refractivity contribution in [3.8, 4) is 0 Å². The molecule has 44 heavy (non-hydrogen) atoms. The summed E-state index contributed by atoms with van der Waals surface area (Å²) in [6.07, 6.45) is 5.62. The molecule has 1 aliphatic carbocycles. The van der Waals surface area contributed by atoms with Gasteiger partial charge in [0.15, 0.2) is 8.32 Å². The Morgan fingerprint density at radius 1 is 1.00 bits per heavy atom. The van der Waals surface area contributed by atoms with Gasteiger partial charge in [-0.25, -0.2) is 14.4 Å². The van der Waals surface area contributed by atoms with E-state index >= 15 is 0 Å². The quantitative estimate of drug-likeness (QED) is 0.409. The minimum absolute atomic E-state index is 0.172. The van der Waals surface area contributed by atoms with Gasteiger partial charge in [-0.15, -0.1) is 0 Å². The van der Waals surface area contributed by atoms with Crippen molar-refractivity contribution in [1.82, 2.24) is 24.7 Å². The Labute approximate surface area is 262 Å². The van der Waals surface area contributed by atoms with Gasteiger partial charge >= 0.3 is 17.8 Å². The van der Waals surface area contributed by atoms with Crippen LogP contribution in [0.3, 0.4) is 0 Å². The monoisotopic (exact) mass is 632 g/mol. The highest BCUT2D eigenvalue weighted by Crippen LogP contribution is 2.37. The van der Waals surface area contributed by atoms with Crippen LogP contribution in [0.4, 0.5) is 15.4 Å². The summed E-state index contributed by atoms with van der Waals surface area (Å²) in [5.74, 6) is 0.341. The molecule has 246 valence electrons. The molecule has 3 rings (SSSR count). The first-order valence-electron chi connectivity index (χ1n) is 15.5. The number of hydrogen-bond donors (Lipinski definition) is 2. The summed E-state index contributed by atoms with van der Waals surface area (Å²) in [6.45, 7) is 21.7. The van der Waals surface area contributed by atoms with Crippen LogP contribution in [0.25, 0.3) is 5.70 Å². The molecule has 0 aromatic carbocycles. The number of anilines is 1. The first-order valence-corrected chi connectivity index (χ1v) is 18.4. The highest BCUT2D eigenvalue weighted by atomic mass is 28.4. The predicted molar refractivity (Wildman–Crippen MR) is 174 cm³/mol. The number of nitrogens with zero attached hydrogens (tertiary/aromatic N) is 4. The van der Waals surface area contributed by atoms with Gasteiger partial charge in [0.2, 0.25) is 5.91 Å². The first-order chi connectivity index (χ1) is 20.2. The second kappa shape index (κ2) is 13.4. The van der Waals surface area contributed by atoms with Crippen molar-refractivity contribution in [2.75, 3.05) is 38.1 Å². The number of hydrogen-bond acceptors (Lipinski definition) is 7. The molecule has 13 heteroatoms. The first kappa shape index (κ1) is 35.3. The average molecular weight is 633 g/mol. The fourth-order valence-electron chi connectivity index (χ4n) is 4.79. The maximum atomic E-state index is 13.1. The summed E-state index contributed by atoms with van der Waals surface area (Å²) >= 11 is 0. The van der Waals surface area contributed by atoms with Crippen LogP contribution in [0.2, 0.25) is 18.1 Å². The van der Waals surface area contributed by atoms with Crippen LogP contribution in [-0.2, 0) is 14.0 Å². The lowest BCUT2D eigenvalue weighted by Crippen LogP contribution is -2.60. The molecule has 1 saturated heterocycles. The Kier molecular flexibility index (Phi) is 10.8. The number of carbonyl (C=O) groups is 3. The van der Waals surface area contributed by atoms with Gasteiger partial charge in [-0.1, -0.05) is 26.8 Å². The molecule has 0 radical (unpaired) electrons. The fraction of sp³-hybridized carbons (Fsp3) is 0.710.